The Hall–Kier alpha value is -2.14. The van der Waals surface area contributed by atoms with Gasteiger partial charge in [-0.15, -0.1) is 25.3 Å². The minimum atomic E-state index is -4.61. The number of halogens is 3. The van der Waals surface area contributed by atoms with E-state index in [2.05, 4.69) is 44.1 Å². The third-order valence-electron chi connectivity index (χ3n) is 8.53. The summed E-state index contributed by atoms with van der Waals surface area (Å²) in [6.07, 6.45) is 4.69. The topological polar surface area (TPSA) is 63.5 Å². The van der Waals surface area contributed by atoms with E-state index in [1.807, 2.05) is 6.33 Å². The van der Waals surface area contributed by atoms with Crippen molar-refractivity contribution < 1.29 is 42.5 Å². The molecular weight excluding hydrogens is 674 g/mol. The van der Waals surface area contributed by atoms with E-state index in [1.54, 1.807) is 0 Å². The smallest absolute Gasteiger partial charge is 0.432 e. The Morgan fingerprint density at radius 1 is 1.16 bits per heavy atom. The molecule has 1 radical (unpaired) electrons. The maximum Gasteiger partial charge on any atom is 1.00 e. The zero-order chi connectivity index (χ0) is 26.2. The third kappa shape index (κ3) is 6.35. The molecule has 2 aliphatic carbocycles. The molecule has 2 amide bonds. The molecule has 38 heavy (non-hydrogen) atoms. The fourth-order valence-electron chi connectivity index (χ4n) is 6.32. The number of carbonyl (C=O) groups excluding carboxylic acids is 1. The summed E-state index contributed by atoms with van der Waals surface area (Å²) < 4.78 is 40.2. The van der Waals surface area contributed by atoms with Crippen LogP contribution < -0.4 is 4.74 Å². The summed E-state index contributed by atoms with van der Waals surface area (Å²) in [5, 5.41) is 4.69. The van der Waals surface area contributed by atoms with Crippen LogP contribution >= 0.6 is 0 Å². The maximum absolute atomic E-state index is 12.8. The van der Waals surface area contributed by atoms with Crippen LogP contribution in [0.3, 0.4) is 0 Å². The van der Waals surface area contributed by atoms with Crippen molar-refractivity contribution in [3.63, 3.8) is 0 Å². The molecule has 209 valence electrons. The predicted molar refractivity (Wildman–Crippen MR) is 131 cm³/mol. The second kappa shape index (κ2) is 11.5. The van der Waals surface area contributed by atoms with Crippen molar-refractivity contribution >= 4 is 6.03 Å². The molecular formula is C27H35F3N5O2Os. The van der Waals surface area contributed by atoms with Crippen LogP contribution in [0.15, 0.2) is 30.6 Å². The number of fused-ring (bicyclic) bond motifs is 1. The number of aromatic nitrogens is 3. The number of rotatable bonds is 4. The SMILES string of the molecule is CCC(C)c1ncn(C2CC3(C2)CN(C(=O)N2C[C@H]4CCC[C@H]4C2)C3)n1.FC(F)(F)Oc1cc[c-]cc1.[Os+]. The number of nitrogens with zero attached hydrogens (tertiary/aromatic N) is 5. The number of ether oxygens (including phenoxy) is 1. The maximum atomic E-state index is 12.8. The minimum absolute atomic E-state index is 0. The van der Waals surface area contributed by atoms with Crippen molar-refractivity contribution in [3.8, 4) is 5.75 Å². The Labute approximate surface area is 235 Å². The molecule has 2 saturated heterocycles. The van der Waals surface area contributed by atoms with E-state index in [1.165, 1.54) is 43.5 Å². The van der Waals surface area contributed by atoms with Crippen LogP contribution in [0.4, 0.5) is 18.0 Å². The summed E-state index contributed by atoms with van der Waals surface area (Å²) in [5.74, 6) is 2.75. The second-order valence-corrected chi connectivity index (χ2v) is 11.2. The van der Waals surface area contributed by atoms with Gasteiger partial charge in [-0.05, 0) is 43.9 Å². The molecule has 0 N–H and O–H groups in total. The van der Waals surface area contributed by atoms with E-state index in [0.29, 0.717) is 23.4 Å². The van der Waals surface area contributed by atoms with Crippen LogP contribution in [0.5, 0.6) is 5.75 Å². The molecule has 3 heterocycles. The van der Waals surface area contributed by atoms with E-state index >= 15 is 0 Å². The van der Waals surface area contributed by atoms with Gasteiger partial charge >= 0.3 is 32.2 Å². The summed E-state index contributed by atoms with van der Waals surface area (Å²) in [6.45, 7) is 8.27. The average Bonchev–Trinajstić information content (AvgIpc) is 3.53. The molecule has 4 aliphatic rings. The first-order chi connectivity index (χ1) is 17.6. The summed E-state index contributed by atoms with van der Waals surface area (Å²) in [7, 11) is 0. The van der Waals surface area contributed by atoms with Crippen LogP contribution in [0, 0.1) is 23.3 Å². The monoisotopic (exact) mass is 710 g/mol. The molecule has 1 aromatic carbocycles. The van der Waals surface area contributed by atoms with Gasteiger partial charge in [-0.2, -0.15) is 23.3 Å². The van der Waals surface area contributed by atoms with E-state index in [4.69, 9.17) is 5.10 Å². The second-order valence-electron chi connectivity index (χ2n) is 11.2. The van der Waals surface area contributed by atoms with Gasteiger partial charge in [0.25, 0.3) is 0 Å². The number of carbonyl (C=O) groups is 1. The molecule has 4 fully saturated rings. The Bertz CT molecular complexity index is 1060. The van der Waals surface area contributed by atoms with Crippen LogP contribution in [-0.2, 0) is 19.8 Å². The van der Waals surface area contributed by atoms with Crippen molar-refractivity contribution in [2.24, 2.45) is 17.3 Å². The van der Waals surface area contributed by atoms with Crippen LogP contribution in [0.1, 0.15) is 70.2 Å². The van der Waals surface area contributed by atoms with Gasteiger partial charge in [0.05, 0.1) is 6.04 Å². The van der Waals surface area contributed by atoms with Gasteiger partial charge in [0.2, 0.25) is 0 Å². The van der Waals surface area contributed by atoms with E-state index in [-0.39, 0.29) is 25.5 Å². The van der Waals surface area contributed by atoms with E-state index in [9.17, 15) is 18.0 Å². The van der Waals surface area contributed by atoms with Crippen LogP contribution in [0.2, 0.25) is 0 Å². The first-order valence-corrected chi connectivity index (χ1v) is 13.3. The van der Waals surface area contributed by atoms with Gasteiger partial charge in [0.1, 0.15) is 6.33 Å². The van der Waals surface area contributed by atoms with Gasteiger partial charge in [0.15, 0.2) is 5.82 Å². The Balaban J connectivity index is 0.000000238. The predicted octanol–water partition coefficient (Wildman–Crippen LogP) is 5.66. The molecule has 11 heteroatoms. The molecule has 1 aromatic heterocycles. The molecule has 6 rings (SSSR count). The zero-order valence-corrected chi connectivity index (χ0v) is 24.3. The van der Waals surface area contributed by atoms with Crippen molar-refractivity contribution in [2.45, 2.75) is 70.7 Å². The largest absolute Gasteiger partial charge is 1.00 e. The van der Waals surface area contributed by atoms with E-state index in [0.717, 1.165) is 63.1 Å². The van der Waals surface area contributed by atoms with Gasteiger partial charge < -0.3 is 14.5 Å². The van der Waals surface area contributed by atoms with Crippen molar-refractivity contribution in [2.75, 3.05) is 26.2 Å². The first-order valence-electron chi connectivity index (χ1n) is 13.3. The van der Waals surface area contributed by atoms with Crippen LogP contribution in [0.25, 0.3) is 0 Å². The van der Waals surface area contributed by atoms with Crippen molar-refractivity contribution in [1.29, 1.82) is 0 Å². The van der Waals surface area contributed by atoms with Crippen molar-refractivity contribution in [1.82, 2.24) is 24.6 Å². The number of hydrogen-bond donors (Lipinski definition) is 0. The van der Waals surface area contributed by atoms with Gasteiger partial charge in [0, 0.05) is 43.3 Å². The summed E-state index contributed by atoms with van der Waals surface area (Å²) >= 11 is 0. The fourth-order valence-corrected chi connectivity index (χ4v) is 6.32. The number of likely N-dealkylation sites (tertiary alicyclic amines) is 2. The number of hydrogen-bond acceptors (Lipinski definition) is 4. The van der Waals surface area contributed by atoms with Gasteiger partial charge in [-0.3, -0.25) is 0 Å². The quantitative estimate of drug-likeness (QED) is 0.385. The number of amides is 2. The third-order valence-corrected chi connectivity index (χ3v) is 8.53. The molecule has 1 unspecified atom stereocenters. The summed E-state index contributed by atoms with van der Waals surface area (Å²) in [6, 6.07) is 8.42. The number of alkyl halides is 3. The van der Waals surface area contributed by atoms with E-state index < -0.39 is 6.36 Å². The standard InChI is InChI=1S/C20H31N5O.C7H4F3O.Os/c1-3-14(2)18-21-13-25(22-18)17-7-20(8-17)11-24(12-20)19(26)23-9-15-5-4-6-16(15)10-23;8-7(9,10)11-6-4-2-1-3-5-6;/h13-17H,3-12H2,1-2H3;2-5H;/q;-1;+1/t14?,15-,16+;;. The van der Waals surface area contributed by atoms with Crippen molar-refractivity contribution in [3.05, 3.63) is 42.5 Å². The zero-order valence-electron chi connectivity index (χ0n) is 21.8. The van der Waals surface area contributed by atoms with Gasteiger partial charge in [-0.1, -0.05) is 20.3 Å². The fraction of sp³-hybridized carbons (Fsp3) is 0.667. The number of benzene rings is 1. The summed E-state index contributed by atoms with van der Waals surface area (Å²) in [5.41, 5.74) is 0.360. The number of urea groups is 1. The molecule has 2 aliphatic heterocycles. The Morgan fingerprint density at radius 2 is 1.79 bits per heavy atom. The molecule has 2 aromatic rings. The Morgan fingerprint density at radius 3 is 2.37 bits per heavy atom. The molecule has 7 nitrogen and oxygen atoms in total. The molecule has 3 atom stereocenters. The molecule has 1 spiro atoms. The Kier molecular flexibility index (Phi) is 8.76. The van der Waals surface area contributed by atoms with Gasteiger partial charge in [-0.25, -0.2) is 14.5 Å². The summed E-state index contributed by atoms with van der Waals surface area (Å²) in [4.78, 5) is 21.5. The average molecular weight is 709 g/mol. The molecule has 0 bridgehead atoms. The normalized spacial score (nSPS) is 24.4. The minimum Gasteiger partial charge on any atom is -0.432 e. The molecule has 2 saturated carbocycles. The van der Waals surface area contributed by atoms with Crippen LogP contribution in [-0.4, -0.2) is 63.1 Å². The first kappa shape index (κ1) is 28.9.